The van der Waals surface area contributed by atoms with E-state index >= 15 is 0 Å². The van der Waals surface area contributed by atoms with Gasteiger partial charge in [-0.3, -0.25) is 0 Å². The number of amides is 2. The normalized spacial score (nSPS) is 16.3. The number of hydrogen-bond acceptors (Lipinski definition) is 4. The fourth-order valence-electron chi connectivity index (χ4n) is 3.02. The van der Waals surface area contributed by atoms with E-state index in [2.05, 4.69) is 32.5 Å². The largest absolute Gasteiger partial charge is 0.334 e. The summed E-state index contributed by atoms with van der Waals surface area (Å²) in [4.78, 5) is 22.7. The predicted octanol–water partition coefficient (Wildman–Crippen LogP) is 2.32. The van der Waals surface area contributed by atoms with Crippen molar-refractivity contribution in [2.45, 2.75) is 19.0 Å². The van der Waals surface area contributed by atoms with Gasteiger partial charge < -0.3 is 10.2 Å². The summed E-state index contributed by atoms with van der Waals surface area (Å²) < 4.78 is 1.60. The van der Waals surface area contributed by atoms with Gasteiger partial charge in [-0.25, -0.2) is 19.4 Å². The van der Waals surface area contributed by atoms with E-state index in [1.165, 1.54) is 11.9 Å². The molecule has 1 N–H and O–H groups in total. The number of likely N-dealkylation sites (tertiary alicyclic amines) is 1. The second-order valence-corrected chi connectivity index (χ2v) is 5.89. The SMILES string of the molecule is O=C(NCc1cccnc1-n1cncn1)N1CCC1c1ccccc1. The molecule has 2 aromatic heterocycles. The maximum absolute atomic E-state index is 12.5. The Balaban J connectivity index is 1.43. The second kappa shape index (κ2) is 6.72. The van der Waals surface area contributed by atoms with Gasteiger partial charge in [-0.15, -0.1) is 0 Å². The molecule has 0 aliphatic carbocycles. The molecule has 7 nitrogen and oxygen atoms in total. The van der Waals surface area contributed by atoms with E-state index in [4.69, 9.17) is 0 Å². The van der Waals surface area contributed by atoms with Gasteiger partial charge in [0.2, 0.25) is 0 Å². The van der Waals surface area contributed by atoms with Crippen LogP contribution in [0.5, 0.6) is 0 Å². The Kier molecular flexibility index (Phi) is 4.12. The third-order valence-electron chi connectivity index (χ3n) is 4.40. The molecule has 0 saturated carbocycles. The molecule has 0 spiro atoms. The van der Waals surface area contributed by atoms with Gasteiger partial charge in [0.1, 0.15) is 12.7 Å². The van der Waals surface area contributed by atoms with Gasteiger partial charge >= 0.3 is 6.03 Å². The number of nitrogens with zero attached hydrogens (tertiary/aromatic N) is 5. The summed E-state index contributed by atoms with van der Waals surface area (Å²) in [5, 5.41) is 7.10. The molecule has 1 aliphatic heterocycles. The highest BCUT2D eigenvalue weighted by Gasteiger charge is 2.33. The first-order chi connectivity index (χ1) is 12.3. The van der Waals surface area contributed by atoms with Gasteiger partial charge in [-0.05, 0) is 18.1 Å². The van der Waals surface area contributed by atoms with Crippen LogP contribution in [0, 0.1) is 0 Å². The number of benzene rings is 1. The maximum atomic E-state index is 12.5. The first-order valence-corrected chi connectivity index (χ1v) is 8.21. The standard InChI is InChI=1S/C18H18N6O/c25-18(23-10-8-16(23)14-5-2-1-3-6-14)21-11-15-7-4-9-20-17(15)24-13-19-12-22-24/h1-7,9,12-13,16H,8,10-11H2,(H,21,25). The van der Waals surface area contributed by atoms with E-state index in [0.29, 0.717) is 12.4 Å². The summed E-state index contributed by atoms with van der Waals surface area (Å²) in [5.74, 6) is 0.670. The number of pyridine rings is 1. The fraction of sp³-hybridized carbons (Fsp3) is 0.222. The number of aromatic nitrogens is 4. The summed E-state index contributed by atoms with van der Waals surface area (Å²) in [7, 11) is 0. The third kappa shape index (κ3) is 3.08. The lowest BCUT2D eigenvalue weighted by Gasteiger charge is -2.41. The predicted molar refractivity (Wildman–Crippen MR) is 91.9 cm³/mol. The molecule has 3 heterocycles. The van der Waals surface area contributed by atoms with E-state index < -0.39 is 0 Å². The highest BCUT2D eigenvalue weighted by atomic mass is 16.2. The van der Waals surface area contributed by atoms with Crippen LogP contribution < -0.4 is 5.32 Å². The zero-order valence-corrected chi connectivity index (χ0v) is 13.6. The van der Waals surface area contributed by atoms with Gasteiger partial charge in [0.25, 0.3) is 0 Å². The molecule has 1 unspecified atom stereocenters. The summed E-state index contributed by atoms with van der Waals surface area (Å²) in [6.07, 6.45) is 5.74. The van der Waals surface area contributed by atoms with Crippen molar-refractivity contribution in [2.75, 3.05) is 6.54 Å². The van der Waals surface area contributed by atoms with Crippen molar-refractivity contribution in [1.82, 2.24) is 30.0 Å². The lowest BCUT2D eigenvalue weighted by molar-refractivity contribution is 0.115. The number of carbonyl (C=O) groups is 1. The Morgan fingerprint density at radius 3 is 2.80 bits per heavy atom. The van der Waals surface area contributed by atoms with Crippen LogP contribution in [0.25, 0.3) is 5.82 Å². The molecular formula is C18H18N6O. The van der Waals surface area contributed by atoms with Gasteiger partial charge in [0.15, 0.2) is 5.82 Å². The minimum Gasteiger partial charge on any atom is -0.334 e. The van der Waals surface area contributed by atoms with E-state index in [1.54, 1.807) is 17.2 Å². The Labute approximate surface area is 145 Å². The first kappa shape index (κ1) is 15.3. The van der Waals surface area contributed by atoms with Gasteiger partial charge in [-0.2, -0.15) is 5.10 Å². The van der Waals surface area contributed by atoms with E-state index in [1.807, 2.05) is 35.2 Å². The topological polar surface area (TPSA) is 75.9 Å². The molecule has 7 heteroatoms. The van der Waals surface area contributed by atoms with E-state index in [-0.39, 0.29) is 12.1 Å². The molecule has 1 atom stereocenters. The molecule has 1 fully saturated rings. The van der Waals surface area contributed by atoms with Gasteiger partial charge in [0, 0.05) is 24.8 Å². The van der Waals surface area contributed by atoms with Gasteiger partial charge in [-0.1, -0.05) is 36.4 Å². The van der Waals surface area contributed by atoms with E-state index in [9.17, 15) is 4.79 Å². The average Bonchev–Trinajstić information content (AvgIpc) is 3.15. The molecule has 0 radical (unpaired) electrons. The van der Waals surface area contributed by atoms with Crippen molar-refractivity contribution >= 4 is 6.03 Å². The summed E-state index contributed by atoms with van der Waals surface area (Å²) >= 11 is 0. The molecule has 1 saturated heterocycles. The van der Waals surface area contributed by atoms with Crippen molar-refractivity contribution in [3.63, 3.8) is 0 Å². The summed E-state index contributed by atoms with van der Waals surface area (Å²) in [6, 6.07) is 14.0. The van der Waals surface area contributed by atoms with Crippen molar-refractivity contribution in [3.8, 4) is 5.82 Å². The van der Waals surface area contributed by atoms with Crippen LogP contribution in [0.3, 0.4) is 0 Å². The third-order valence-corrected chi connectivity index (χ3v) is 4.40. The average molecular weight is 334 g/mol. The molecule has 0 bridgehead atoms. The molecular weight excluding hydrogens is 316 g/mol. The fourth-order valence-corrected chi connectivity index (χ4v) is 3.02. The molecule has 1 aliphatic rings. The molecule has 1 aromatic carbocycles. The van der Waals surface area contributed by atoms with Crippen LogP contribution in [-0.2, 0) is 6.54 Å². The Morgan fingerprint density at radius 1 is 1.20 bits per heavy atom. The highest BCUT2D eigenvalue weighted by molar-refractivity contribution is 5.75. The zero-order chi connectivity index (χ0) is 17.1. The van der Waals surface area contributed by atoms with E-state index in [0.717, 1.165) is 18.5 Å². The number of carbonyl (C=O) groups excluding carboxylic acids is 1. The lowest BCUT2D eigenvalue weighted by Crippen LogP contribution is -2.49. The Bertz CT molecular complexity index is 849. The minimum absolute atomic E-state index is 0.0616. The first-order valence-electron chi connectivity index (χ1n) is 8.21. The number of hydrogen-bond donors (Lipinski definition) is 1. The number of urea groups is 1. The summed E-state index contributed by atoms with van der Waals surface area (Å²) in [5.41, 5.74) is 2.06. The Morgan fingerprint density at radius 2 is 2.08 bits per heavy atom. The molecule has 25 heavy (non-hydrogen) atoms. The maximum Gasteiger partial charge on any atom is 0.318 e. The van der Waals surface area contributed by atoms with Crippen LogP contribution in [0.1, 0.15) is 23.6 Å². The van der Waals surface area contributed by atoms with Crippen LogP contribution in [0.15, 0.2) is 61.3 Å². The van der Waals surface area contributed by atoms with Crippen LogP contribution in [0.4, 0.5) is 4.79 Å². The van der Waals surface area contributed by atoms with Crippen molar-refractivity contribution in [1.29, 1.82) is 0 Å². The van der Waals surface area contributed by atoms with Crippen LogP contribution in [0.2, 0.25) is 0 Å². The second-order valence-electron chi connectivity index (χ2n) is 5.89. The quantitative estimate of drug-likeness (QED) is 0.794. The van der Waals surface area contributed by atoms with Gasteiger partial charge in [0.05, 0.1) is 6.04 Å². The van der Waals surface area contributed by atoms with Crippen LogP contribution >= 0.6 is 0 Å². The molecule has 4 rings (SSSR count). The Hall–Kier alpha value is -3.22. The number of rotatable bonds is 4. The molecule has 2 amide bonds. The monoisotopic (exact) mass is 334 g/mol. The minimum atomic E-state index is -0.0616. The number of nitrogens with one attached hydrogen (secondary N) is 1. The zero-order valence-electron chi connectivity index (χ0n) is 13.6. The smallest absolute Gasteiger partial charge is 0.318 e. The van der Waals surface area contributed by atoms with Crippen molar-refractivity contribution in [2.24, 2.45) is 0 Å². The van der Waals surface area contributed by atoms with Crippen molar-refractivity contribution < 1.29 is 4.79 Å². The highest BCUT2D eigenvalue weighted by Crippen LogP contribution is 2.32. The lowest BCUT2D eigenvalue weighted by atomic mass is 9.95. The molecule has 3 aromatic rings. The summed E-state index contributed by atoms with van der Waals surface area (Å²) in [6.45, 7) is 1.16. The van der Waals surface area contributed by atoms with Crippen LogP contribution in [-0.4, -0.2) is 37.2 Å². The van der Waals surface area contributed by atoms with Crippen molar-refractivity contribution in [3.05, 3.63) is 72.4 Å². The molecule has 126 valence electrons.